The summed E-state index contributed by atoms with van der Waals surface area (Å²) in [5.74, 6) is -3.79. The zero-order chi connectivity index (χ0) is 21.2. The van der Waals surface area contributed by atoms with Gasteiger partial charge >= 0.3 is 6.18 Å². The topological polar surface area (TPSA) is 58.1 Å². The molecule has 0 atom stereocenters. The first-order chi connectivity index (χ1) is 13.6. The number of para-hydroxylation sites is 1. The van der Waals surface area contributed by atoms with Crippen molar-refractivity contribution in [1.29, 1.82) is 0 Å². The molecule has 1 aliphatic heterocycles. The van der Waals surface area contributed by atoms with E-state index in [9.17, 15) is 26.7 Å². The molecular formula is C19H19F5N4O. The number of nitrogens with one attached hydrogen (secondary N) is 1. The smallest absolute Gasteiger partial charge is 0.354 e. The highest BCUT2D eigenvalue weighted by atomic mass is 19.4. The van der Waals surface area contributed by atoms with Gasteiger partial charge in [0.2, 0.25) is 5.92 Å². The van der Waals surface area contributed by atoms with Crippen LogP contribution in [-0.4, -0.2) is 35.1 Å². The molecule has 3 rings (SSSR count). The van der Waals surface area contributed by atoms with Crippen LogP contribution in [0.5, 0.6) is 0 Å². The fourth-order valence-corrected chi connectivity index (χ4v) is 3.26. The average molecular weight is 414 g/mol. The van der Waals surface area contributed by atoms with E-state index in [1.54, 1.807) is 30.3 Å². The minimum Gasteiger partial charge on any atom is -0.354 e. The molecule has 1 aliphatic rings. The summed E-state index contributed by atoms with van der Waals surface area (Å²) in [7, 11) is 0. The van der Waals surface area contributed by atoms with Gasteiger partial charge in [0.15, 0.2) is 11.5 Å². The summed E-state index contributed by atoms with van der Waals surface area (Å²) < 4.78 is 67.4. The second kappa shape index (κ2) is 7.92. The highest BCUT2D eigenvalue weighted by molar-refractivity contribution is 6.08. The number of alkyl halides is 5. The van der Waals surface area contributed by atoms with E-state index in [1.807, 2.05) is 0 Å². The van der Waals surface area contributed by atoms with Crippen LogP contribution in [0.4, 0.5) is 33.5 Å². The minimum atomic E-state index is -4.80. The van der Waals surface area contributed by atoms with E-state index in [2.05, 4.69) is 15.5 Å². The number of nitrogens with zero attached hydrogens (tertiary/aromatic N) is 3. The molecule has 0 radical (unpaired) electrons. The molecule has 2 aromatic rings. The van der Waals surface area contributed by atoms with Gasteiger partial charge in [0.05, 0.1) is 5.56 Å². The summed E-state index contributed by atoms with van der Waals surface area (Å²) in [6.07, 6.45) is -5.49. The van der Waals surface area contributed by atoms with E-state index in [0.29, 0.717) is 5.69 Å². The number of benzene rings is 1. The van der Waals surface area contributed by atoms with Crippen molar-refractivity contribution in [3.8, 4) is 0 Å². The average Bonchev–Trinajstić information content (AvgIpc) is 2.81. The molecule has 1 saturated heterocycles. The Morgan fingerprint density at radius 1 is 1.10 bits per heavy atom. The Labute approximate surface area is 163 Å². The van der Waals surface area contributed by atoms with Crippen LogP contribution in [0.3, 0.4) is 0 Å². The van der Waals surface area contributed by atoms with E-state index in [-0.39, 0.29) is 37.3 Å². The van der Waals surface area contributed by atoms with Gasteiger partial charge in [-0.25, -0.2) is 8.78 Å². The number of hydrogen-bond acceptors (Lipinski definition) is 4. The molecule has 1 amide bonds. The first-order valence-corrected chi connectivity index (χ1v) is 9.02. The standard InChI is InChI=1S/C19H19F5N4O/c1-12-14(17(29)25-13-6-3-2-4-7-13)16(27-26-15(12)19(22,23)24)28-10-5-8-18(20,21)9-11-28/h2-4,6-7H,5,8-11H2,1H3,(H,25,29). The number of aromatic nitrogens is 2. The first-order valence-electron chi connectivity index (χ1n) is 9.02. The lowest BCUT2D eigenvalue weighted by Gasteiger charge is -2.25. The molecule has 0 unspecified atom stereocenters. The van der Waals surface area contributed by atoms with Gasteiger partial charge in [0.1, 0.15) is 0 Å². The molecule has 2 heterocycles. The van der Waals surface area contributed by atoms with Crippen molar-refractivity contribution in [2.75, 3.05) is 23.3 Å². The number of halogens is 5. The van der Waals surface area contributed by atoms with E-state index < -0.39 is 35.7 Å². The highest BCUT2D eigenvalue weighted by Crippen LogP contribution is 2.35. The monoisotopic (exact) mass is 414 g/mol. The van der Waals surface area contributed by atoms with Gasteiger partial charge in [-0.05, 0) is 31.0 Å². The largest absolute Gasteiger partial charge is 0.435 e. The van der Waals surface area contributed by atoms with Crippen LogP contribution in [0.15, 0.2) is 30.3 Å². The Morgan fingerprint density at radius 3 is 2.45 bits per heavy atom. The fourth-order valence-electron chi connectivity index (χ4n) is 3.26. The summed E-state index contributed by atoms with van der Waals surface area (Å²) in [5, 5.41) is 9.43. The summed E-state index contributed by atoms with van der Waals surface area (Å²) in [4.78, 5) is 14.3. The molecule has 29 heavy (non-hydrogen) atoms. The van der Waals surface area contributed by atoms with E-state index >= 15 is 0 Å². The molecule has 156 valence electrons. The Kier molecular flexibility index (Phi) is 5.72. The van der Waals surface area contributed by atoms with Crippen LogP contribution in [0.1, 0.15) is 40.9 Å². The van der Waals surface area contributed by atoms with Gasteiger partial charge in [0.25, 0.3) is 5.91 Å². The lowest BCUT2D eigenvalue weighted by atomic mass is 10.1. The maximum atomic E-state index is 13.7. The summed E-state index contributed by atoms with van der Waals surface area (Å²) in [5.41, 5.74) is -1.61. The summed E-state index contributed by atoms with van der Waals surface area (Å²) in [6.45, 7) is 1.13. The molecular weight excluding hydrogens is 395 g/mol. The van der Waals surface area contributed by atoms with Gasteiger partial charge in [-0.3, -0.25) is 4.79 Å². The molecule has 1 aromatic carbocycles. The van der Waals surface area contributed by atoms with Crippen LogP contribution in [-0.2, 0) is 6.18 Å². The second-order valence-corrected chi connectivity index (χ2v) is 6.89. The lowest BCUT2D eigenvalue weighted by molar-refractivity contribution is -0.142. The Hall–Kier alpha value is -2.78. The second-order valence-electron chi connectivity index (χ2n) is 6.89. The van der Waals surface area contributed by atoms with Gasteiger partial charge < -0.3 is 10.2 Å². The summed E-state index contributed by atoms with van der Waals surface area (Å²) >= 11 is 0. The molecule has 10 heteroatoms. The number of carbonyl (C=O) groups excluding carboxylic acids is 1. The van der Waals surface area contributed by atoms with Crippen molar-refractivity contribution >= 4 is 17.4 Å². The Morgan fingerprint density at radius 2 is 1.79 bits per heavy atom. The third-order valence-corrected chi connectivity index (χ3v) is 4.74. The molecule has 0 bridgehead atoms. The molecule has 1 fully saturated rings. The maximum Gasteiger partial charge on any atom is 0.435 e. The Balaban J connectivity index is 2.03. The highest BCUT2D eigenvalue weighted by Gasteiger charge is 2.39. The van der Waals surface area contributed by atoms with Gasteiger partial charge in [-0.2, -0.15) is 13.2 Å². The zero-order valence-electron chi connectivity index (χ0n) is 15.6. The van der Waals surface area contributed by atoms with Crippen molar-refractivity contribution < 1.29 is 26.7 Å². The third kappa shape index (κ3) is 4.80. The lowest BCUT2D eigenvalue weighted by Crippen LogP contribution is -2.31. The Bertz CT molecular complexity index is 886. The summed E-state index contributed by atoms with van der Waals surface area (Å²) in [6, 6.07) is 8.20. The predicted molar refractivity (Wildman–Crippen MR) is 97.2 cm³/mol. The first kappa shape index (κ1) is 20.9. The molecule has 0 aliphatic carbocycles. The molecule has 5 nitrogen and oxygen atoms in total. The number of anilines is 2. The van der Waals surface area contributed by atoms with Crippen molar-refractivity contribution in [2.24, 2.45) is 0 Å². The van der Waals surface area contributed by atoms with E-state index in [0.717, 1.165) is 6.92 Å². The van der Waals surface area contributed by atoms with Crippen LogP contribution in [0, 0.1) is 6.92 Å². The number of carbonyl (C=O) groups is 1. The number of rotatable bonds is 3. The van der Waals surface area contributed by atoms with E-state index in [4.69, 9.17) is 0 Å². The number of hydrogen-bond donors (Lipinski definition) is 1. The quantitative estimate of drug-likeness (QED) is 0.741. The van der Waals surface area contributed by atoms with Gasteiger partial charge in [0, 0.05) is 31.6 Å². The van der Waals surface area contributed by atoms with Crippen LogP contribution < -0.4 is 10.2 Å². The normalized spacial score (nSPS) is 17.0. The molecule has 0 saturated carbocycles. The predicted octanol–water partition coefficient (Wildman–Crippen LogP) is 4.68. The van der Waals surface area contributed by atoms with Crippen molar-refractivity contribution in [3.05, 3.63) is 47.2 Å². The van der Waals surface area contributed by atoms with Crippen LogP contribution in [0.2, 0.25) is 0 Å². The fraction of sp³-hybridized carbons (Fsp3) is 0.421. The number of amides is 1. The van der Waals surface area contributed by atoms with Crippen molar-refractivity contribution in [1.82, 2.24) is 10.2 Å². The van der Waals surface area contributed by atoms with Crippen molar-refractivity contribution in [3.63, 3.8) is 0 Å². The van der Waals surface area contributed by atoms with Crippen LogP contribution >= 0.6 is 0 Å². The zero-order valence-corrected chi connectivity index (χ0v) is 15.6. The van der Waals surface area contributed by atoms with Crippen molar-refractivity contribution in [2.45, 2.75) is 38.3 Å². The minimum absolute atomic E-state index is 0.120. The third-order valence-electron chi connectivity index (χ3n) is 4.74. The maximum absolute atomic E-state index is 13.7. The van der Waals surface area contributed by atoms with Gasteiger partial charge in [-0.1, -0.05) is 18.2 Å². The van der Waals surface area contributed by atoms with Crippen LogP contribution in [0.25, 0.3) is 0 Å². The molecule has 1 N–H and O–H groups in total. The molecule has 0 spiro atoms. The van der Waals surface area contributed by atoms with Gasteiger partial charge in [-0.15, -0.1) is 10.2 Å². The van der Waals surface area contributed by atoms with E-state index in [1.165, 1.54) is 4.90 Å². The SMILES string of the molecule is Cc1c(C(F)(F)F)nnc(N2CCCC(F)(F)CC2)c1C(=O)Nc1ccccc1. The molecule has 1 aromatic heterocycles.